The summed E-state index contributed by atoms with van der Waals surface area (Å²) >= 11 is 0. The molecule has 3 amide bonds. The van der Waals surface area contributed by atoms with E-state index in [-0.39, 0.29) is 24.0 Å². The molecule has 0 saturated carbocycles. The molecule has 22 heavy (non-hydrogen) atoms. The van der Waals surface area contributed by atoms with Gasteiger partial charge in [-0.3, -0.25) is 4.79 Å². The number of urea groups is 1. The number of nitrogens with zero attached hydrogens (tertiary/aromatic N) is 1. The lowest BCUT2D eigenvalue weighted by molar-refractivity contribution is 0.0917. The minimum Gasteiger partial charge on any atom is -0.349 e. The van der Waals surface area contributed by atoms with Crippen molar-refractivity contribution >= 4 is 11.9 Å². The van der Waals surface area contributed by atoms with Crippen LogP contribution in [0.5, 0.6) is 0 Å². The zero-order chi connectivity index (χ0) is 16.1. The summed E-state index contributed by atoms with van der Waals surface area (Å²) in [6, 6.07) is 7.85. The fraction of sp³-hybridized carbons (Fsp3) is 0.529. The van der Waals surface area contributed by atoms with Crippen molar-refractivity contribution in [2.45, 2.75) is 45.7 Å². The third-order valence-corrected chi connectivity index (χ3v) is 3.92. The van der Waals surface area contributed by atoms with E-state index in [4.69, 9.17) is 0 Å². The number of rotatable bonds is 3. The standard InChI is InChI=1S/C17H25N3O2/c1-12(2)18-17(22)20-10-8-14(9-11-20)19-16(21)15-7-5-4-6-13(15)3/h4-7,12,14H,8-11H2,1-3H3,(H,18,22)(H,19,21). The summed E-state index contributed by atoms with van der Waals surface area (Å²) in [4.78, 5) is 26.0. The molecule has 0 bridgehead atoms. The molecule has 1 saturated heterocycles. The highest BCUT2D eigenvalue weighted by atomic mass is 16.2. The number of carbonyl (C=O) groups is 2. The number of nitrogens with one attached hydrogen (secondary N) is 2. The van der Waals surface area contributed by atoms with Gasteiger partial charge in [0.15, 0.2) is 0 Å². The van der Waals surface area contributed by atoms with E-state index in [2.05, 4.69) is 10.6 Å². The molecule has 1 aliphatic rings. The molecule has 0 unspecified atom stereocenters. The number of likely N-dealkylation sites (tertiary alicyclic amines) is 1. The van der Waals surface area contributed by atoms with Crippen LogP contribution in [0.3, 0.4) is 0 Å². The van der Waals surface area contributed by atoms with E-state index in [0.717, 1.165) is 24.0 Å². The Balaban J connectivity index is 1.84. The summed E-state index contributed by atoms with van der Waals surface area (Å²) in [5.74, 6) is -0.0248. The number of hydrogen-bond donors (Lipinski definition) is 2. The monoisotopic (exact) mass is 303 g/mol. The van der Waals surface area contributed by atoms with Gasteiger partial charge in [0.25, 0.3) is 5.91 Å². The van der Waals surface area contributed by atoms with E-state index in [1.54, 1.807) is 0 Å². The molecule has 1 heterocycles. The van der Waals surface area contributed by atoms with Crippen LogP contribution in [0, 0.1) is 6.92 Å². The number of hydrogen-bond acceptors (Lipinski definition) is 2. The zero-order valence-corrected chi connectivity index (χ0v) is 13.6. The second-order valence-electron chi connectivity index (χ2n) is 6.15. The number of aryl methyl sites for hydroxylation is 1. The van der Waals surface area contributed by atoms with E-state index >= 15 is 0 Å². The van der Waals surface area contributed by atoms with Crippen LogP contribution in [-0.4, -0.2) is 42.0 Å². The number of carbonyl (C=O) groups excluding carboxylic acids is 2. The topological polar surface area (TPSA) is 61.4 Å². The van der Waals surface area contributed by atoms with Gasteiger partial charge >= 0.3 is 6.03 Å². The molecule has 0 spiro atoms. The number of benzene rings is 1. The van der Waals surface area contributed by atoms with Gasteiger partial charge in [0.1, 0.15) is 0 Å². The Morgan fingerprint density at radius 2 is 1.82 bits per heavy atom. The lowest BCUT2D eigenvalue weighted by atomic mass is 10.0. The molecule has 1 aliphatic heterocycles. The number of amides is 3. The summed E-state index contributed by atoms with van der Waals surface area (Å²) in [5, 5.41) is 5.98. The van der Waals surface area contributed by atoms with Crippen LogP contribution in [0.4, 0.5) is 4.79 Å². The molecule has 1 aromatic carbocycles. The van der Waals surface area contributed by atoms with Crippen molar-refractivity contribution < 1.29 is 9.59 Å². The van der Waals surface area contributed by atoms with Gasteiger partial charge in [-0.2, -0.15) is 0 Å². The maximum absolute atomic E-state index is 12.3. The molecule has 0 aromatic heterocycles. The maximum Gasteiger partial charge on any atom is 0.317 e. The fourth-order valence-electron chi connectivity index (χ4n) is 2.66. The fourth-order valence-corrected chi connectivity index (χ4v) is 2.66. The van der Waals surface area contributed by atoms with E-state index in [1.807, 2.05) is 49.9 Å². The van der Waals surface area contributed by atoms with Gasteiger partial charge in [0.05, 0.1) is 0 Å². The average Bonchev–Trinajstić information content (AvgIpc) is 2.47. The van der Waals surface area contributed by atoms with Crippen molar-refractivity contribution in [1.29, 1.82) is 0 Å². The van der Waals surface area contributed by atoms with E-state index in [9.17, 15) is 9.59 Å². The van der Waals surface area contributed by atoms with Gasteiger partial charge in [-0.15, -0.1) is 0 Å². The Hall–Kier alpha value is -2.04. The Labute approximate surface area is 132 Å². The summed E-state index contributed by atoms with van der Waals surface area (Å²) in [6.07, 6.45) is 1.59. The first-order chi connectivity index (χ1) is 10.5. The lowest BCUT2D eigenvalue weighted by Crippen LogP contribution is -2.50. The third kappa shape index (κ3) is 4.23. The largest absolute Gasteiger partial charge is 0.349 e. The Bertz CT molecular complexity index is 534. The van der Waals surface area contributed by atoms with E-state index < -0.39 is 0 Å². The quantitative estimate of drug-likeness (QED) is 0.900. The normalized spacial score (nSPS) is 15.7. The first kappa shape index (κ1) is 16.3. The summed E-state index contributed by atoms with van der Waals surface area (Å²) in [5.41, 5.74) is 1.70. The highest BCUT2D eigenvalue weighted by molar-refractivity contribution is 5.95. The highest BCUT2D eigenvalue weighted by Gasteiger charge is 2.24. The van der Waals surface area contributed by atoms with Crippen molar-refractivity contribution in [3.63, 3.8) is 0 Å². The molecule has 1 fully saturated rings. The van der Waals surface area contributed by atoms with Crippen molar-refractivity contribution in [3.8, 4) is 0 Å². The Kier molecular flexibility index (Phi) is 5.41. The van der Waals surface area contributed by atoms with Gasteiger partial charge < -0.3 is 15.5 Å². The predicted octanol–water partition coefficient (Wildman–Crippen LogP) is 2.31. The summed E-state index contributed by atoms with van der Waals surface area (Å²) in [6.45, 7) is 7.20. The summed E-state index contributed by atoms with van der Waals surface area (Å²) < 4.78 is 0. The Morgan fingerprint density at radius 3 is 2.41 bits per heavy atom. The smallest absolute Gasteiger partial charge is 0.317 e. The van der Waals surface area contributed by atoms with Crippen molar-refractivity contribution in [1.82, 2.24) is 15.5 Å². The second-order valence-corrected chi connectivity index (χ2v) is 6.15. The van der Waals surface area contributed by atoms with Crippen LogP contribution in [0.1, 0.15) is 42.6 Å². The van der Waals surface area contributed by atoms with Gasteiger partial charge in [0, 0.05) is 30.7 Å². The minimum absolute atomic E-state index is 0.0151. The molecule has 2 rings (SSSR count). The minimum atomic E-state index is -0.0248. The van der Waals surface area contributed by atoms with Crippen LogP contribution in [0.25, 0.3) is 0 Å². The van der Waals surface area contributed by atoms with E-state index in [0.29, 0.717) is 13.1 Å². The third-order valence-electron chi connectivity index (χ3n) is 3.92. The molecular weight excluding hydrogens is 278 g/mol. The highest BCUT2D eigenvalue weighted by Crippen LogP contribution is 2.13. The van der Waals surface area contributed by atoms with Gasteiger partial charge in [-0.05, 0) is 45.2 Å². The molecule has 5 nitrogen and oxygen atoms in total. The molecule has 0 radical (unpaired) electrons. The van der Waals surface area contributed by atoms with Crippen LogP contribution >= 0.6 is 0 Å². The lowest BCUT2D eigenvalue weighted by Gasteiger charge is -2.33. The molecule has 2 N–H and O–H groups in total. The van der Waals surface area contributed by atoms with Crippen molar-refractivity contribution in [2.24, 2.45) is 0 Å². The van der Waals surface area contributed by atoms with Gasteiger partial charge in [-0.25, -0.2) is 4.79 Å². The van der Waals surface area contributed by atoms with Crippen molar-refractivity contribution in [2.75, 3.05) is 13.1 Å². The van der Waals surface area contributed by atoms with Crippen LogP contribution in [0.15, 0.2) is 24.3 Å². The average molecular weight is 303 g/mol. The molecule has 0 atom stereocenters. The molecule has 120 valence electrons. The SMILES string of the molecule is Cc1ccccc1C(=O)NC1CCN(C(=O)NC(C)C)CC1. The van der Waals surface area contributed by atoms with Crippen LogP contribution < -0.4 is 10.6 Å². The van der Waals surface area contributed by atoms with Gasteiger partial charge in [0.2, 0.25) is 0 Å². The second kappa shape index (κ2) is 7.29. The number of piperidine rings is 1. The van der Waals surface area contributed by atoms with E-state index in [1.165, 1.54) is 0 Å². The summed E-state index contributed by atoms with van der Waals surface area (Å²) in [7, 11) is 0. The predicted molar refractivity (Wildman–Crippen MR) is 86.9 cm³/mol. The van der Waals surface area contributed by atoms with Gasteiger partial charge in [-0.1, -0.05) is 18.2 Å². The molecule has 5 heteroatoms. The molecule has 0 aliphatic carbocycles. The first-order valence-electron chi connectivity index (χ1n) is 7.89. The first-order valence-corrected chi connectivity index (χ1v) is 7.89. The molecular formula is C17H25N3O2. The Morgan fingerprint density at radius 1 is 1.18 bits per heavy atom. The van der Waals surface area contributed by atoms with Crippen LogP contribution in [-0.2, 0) is 0 Å². The zero-order valence-electron chi connectivity index (χ0n) is 13.6. The van der Waals surface area contributed by atoms with Crippen LogP contribution in [0.2, 0.25) is 0 Å². The van der Waals surface area contributed by atoms with Crippen molar-refractivity contribution in [3.05, 3.63) is 35.4 Å². The maximum atomic E-state index is 12.3. The molecule has 1 aromatic rings.